The van der Waals surface area contributed by atoms with E-state index in [0.29, 0.717) is 10.9 Å². The minimum atomic E-state index is -1.04. The number of carbonyl (C=O) groups excluding carboxylic acids is 1. The molecule has 2 aromatic rings. The number of carbonyl (C=O) groups is 2. The number of rotatable bonds is 7. The number of likely N-dealkylation sites (N-methyl/N-ethyl adjacent to an activating group) is 1. The molecule has 10 heteroatoms. The van der Waals surface area contributed by atoms with Gasteiger partial charge >= 0.3 is 5.97 Å². The van der Waals surface area contributed by atoms with Gasteiger partial charge in [-0.2, -0.15) is 0 Å². The Labute approximate surface area is 145 Å². The molecule has 0 spiro atoms. The third-order valence-corrected chi connectivity index (χ3v) is 3.49. The number of nitrogens with two attached hydrogens (primary N) is 1. The lowest BCUT2D eigenvalue weighted by atomic mass is 10.1. The highest BCUT2D eigenvalue weighted by molar-refractivity contribution is 5.73. The second kappa shape index (κ2) is 8.94. The molecule has 5 N–H and O–H groups in total. The summed E-state index contributed by atoms with van der Waals surface area (Å²) in [5.41, 5.74) is 6.81. The predicted molar refractivity (Wildman–Crippen MR) is 87.0 cm³/mol. The maximum Gasteiger partial charge on any atom is 0.320 e. The van der Waals surface area contributed by atoms with Gasteiger partial charge in [-0.25, -0.2) is 9.97 Å². The van der Waals surface area contributed by atoms with E-state index in [1.807, 2.05) is 21.1 Å². The zero-order valence-corrected chi connectivity index (χ0v) is 14.5. The molecule has 0 saturated heterocycles. The highest BCUT2D eigenvalue weighted by Crippen LogP contribution is 2.08. The molecule has 0 aliphatic carbocycles. The number of hydrogen-bond donors (Lipinski definition) is 4. The number of nitrogens with zero attached hydrogens (tertiary/aromatic N) is 3. The van der Waals surface area contributed by atoms with E-state index in [2.05, 4.69) is 19.9 Å². The number of carboxylic acid groups (broad SMARTS) is 2. The van der Waals surface area contributed by atoms with E-state index in [9.17, 15) is 14.7 Å². The Hall–Kier alpha value is -2.72. The van der Waals surface area contributed by atoms with Gasteiger partial charge in [0.25, 0.3) is 0 Å². The number of nitrogens with one attached hydrogen (secondary N) is 2. The van der Waals surface area contributed by atoms with Crippen molar-refractivity contribution < 1.29 is 24.3 Å². The minimum Gasteiger partial charge on any atom is -0.544 e. The number of aliphatic carboxylic acids is 2. The Kier molecular flexibility index (Phi) is 7.27. The van der Waals surface area contributed by atoms with Crippen LogP contribution in [0.25, 0.3) is 0 Å². The fourth-order valence-corrected chi connectivity index (χ4v) is 2.00. The van der Waals surface area contributed by atoms with Crippen LogP contribution in [0.15, 0.2) is 25.0 Å². The lowest BCUT2D eigenvalue weighted by Crippen LogP contribution is -2.55. The Bertz CT molecular complexity index is 648. The Morgan fingerprint density at radius 1 is 1.16 bits per heavy atom. The van der Waals surface area contributed by atoms with Crippen LogP contribution in [0.5, 0.6) is 0 Å². The summed E-state index contributed by atoms with van der Waals surface area (Å²) >= 11 is 0. The van der Waals surface area contributed by atoms with Crippen molar-refractivity contribution in [3.63, 3.8) is 0 Å². The van der Waals surface area contributed by atoms with E-state index < -0.39 is 24.0 Å². The van der Waals surface area contributed by atoms with Crippen molar-refractivity contribution >= 4 is 11.9 Å². The molecular formula is C15H24N6O4. The van der Waals surface area contributed by atoms with E-state index in [4.69, 9.17) is 10.8 Å². The quantitative estimate of drug-likeness (QED) is 0.425. The third-order valence-electron chi connectivity index (χ3n) is 3.49. The molecular weight excluding hydrogens is 328 g/mol. The summed E-state index contributed by atoms with van der Waals surface area (Å²) in [6, 6.07) is -1.41. The SMILES string of the molecule is C[N+](C)(C)C(Cc1cnc[nH]1)C(=O)[O-].NC(Cc1cnc[nH]1)C(=O)O. The molecule has 0 aliphatic rings. The van der Waals surface area contributed by atoms with E-state index in [0.717, 1.165) is 11.4 Å². The first-order valence-corrected chi connectivity index (χ1v) is 7.56. The van der Waals surface area contributed by atoms with E-state index >= 15 is 0 Å². The molecule has 0 fully saturated rings. The van der Waals surface area contributed by atoms with Gasteiger partial charge < -0.3 is 35.2 Å². The van der Waals surface area contributed by atoms with Crippen LogP contribution in [-0.4, -0.2) is 74.7 Å². The summed E-state index contributed by atoms with van der Waals surface area (Å²) in [6.45, 7) is 0. The Balaban J connectivity index is 0.000000257. The maximum atomic E-state index is 10.9. The summed E-state index contributed by atoms with van der Waals surface area (Å²) in [5.74, 6) is -2.04. The summed E-state index contributed by atoms with van der Waals surface area (Å²) in [7, 11) is 5.49. The van der Waals surface area contributed by atoms with Crippen molar-refractivity contribution in [3.05, 3.63) is 36.4 Å². The van der Waals surface area contributed by atoms with Gasteiger partial charge in [0.15, 0.2) is 0 Å². The van der Waals surface area contributed by atoms with Crippen LogP contribution in [-0.2, 0) is 22.4 Å². The van der Waals surface area contributed by atoms with Crippen LogP contribution in [0, 0.1) is 0 Å². The van der Waals surface area contributed by atoms with Gasteiger partial charge in [-0.1, -0.05) is 0 Å². The van der Waals surface area contributed by atoms with Crippen molar-refractivity contribution in [3.8, 4) is 0 Å². The average molecular weight is 352 g/mol. The van der Waals surface area contributed by atoms with Crippen LogP contribution in [0.3, 0.4) is 0 Å². The van der Waals surface area contributed by atoms with Crippen LogP contribution >= 0.6 is 0 Å². The van der Waals surface area contributed by atoms with Crippen molar-refractivity contribution in [1.29, 1.82) is 0 Å². The molecule has 25 heavy (non-hydrogen) atoms. The number of H-pyrrole nitrogens is 2. The molecule has 0 aliphatic heterocycles. The van der Waals surface area contributed by atoms with Gasteiger partial charge in [0, 0.05) is 36.6 Å². The molecule has 0 aromatic carbocycles. The van der Waals surface area contributed by atoms with Crippen molar-refractivity contribution in [2.24, 2.45) is 5.73 Å². The van der Waals surface area contributed by atoms with Crippen molar-refractivity contribution in [2.45, 2.75) is 24.9 Å². The van der Waals surface area contributed by atoms with Crippen molar-refractivity contribution in [1.82, 2.24) is 19.9 Å². The zero-order valence-electron chi connectivity index (χ0n) is 14.5. The lowest BCUT2D eigenvalue weighted by molar-refractivity contribution is -0.889. The average Bonchev–Trinajstić information content (AvgIpc) is 3.17. The first kappa shape index (κ1) is 20.3. The molecule has 0 saturated carbocycles. The zero-order chi connectivity index (χ0) is 19.0. The molecule has 2 aromatic heterocycles. The van der Waals surface area contributed by atoms with Gasteiger partial charge in [-0.05, 0) is 0 Å². The van der Waals surface area contributed by atoms with Gasteiger partial charge in [-0.3, -0.25) is 4.79 Å². The van der Waals surface area contributed by atoms with Crippen LogP contribution < -0.4 is 10.8 Å². The van der Waals surface area contributed by atoms with Crippen LogP contribution in [0.2, 0.25) is 0 Å². The summed E-state index contributed by atoms with van der Waals surface area (Å²) in [4.78, 5) is 34.4. The van der Waals surface area contributed by atoms with E-state index in [1.54, 1.807) is 12.4 Å². The largest absolute Gasteiger partial charge is 0.544 e. The van der Waals surface area contributed by atoms with Gasteiger partial charge in [-0.15, -0.1) is 0 Å². The molecule has 0 bridgehead atoms. The highest BCUT2D eigenvalue weighted by atomic mass is 16.4. The monoisotopic (exact) mass is 352 g/mol. The number of imidazole rings is 2. The van der Waals surface area contributed by atoms with Crippen molar-refractivity contribution in [2.75, 3.05) is 21.1 Å². The highest BCUT2D eigenvalue weighted by Gasteiger charge is 2.25. The number of aromatic amines is 2. The molecule has 10 nitrogen and oxygen atoms in total. The Morgan fingerprint density at radius 2 is 1.64 bits per heavy atom. The molecule has 2 unspecified atom stereocenters. The fraction of sp³-hybridized carbons (Fsp3) is 0.467. The fourth-order valence-electron chi connectivity index (χ4n) is 2.00. The second-order valence-electron chi connectivity index (χ2n) is 6.46. The van der Waals surface area contributed by atoms with Gasteiger partial charge in [0.05, 0.1) is 39.8 Å². The summed E-state index contributed by atoms with van der Waals surface area (Å²) < 4.78 is 0.335. The summed E-state index contributed by atoms with van der Waals surface area (Å²) in [5, 5.41) is 19.3. The lowest BCUT2D eigenvalue weighted by Gasteiger charge is -2.34. The van der Waals surface area contributed by atoms with Gasteiger partial charge in [0.2, 0.25) is 0 Å². The molecule has 2 heterocycles. The second-order valence-corrected chi connectivity index (χ2v) is 6.46. The minimum absolute atomic E-state index is 0.287. The van der Waals surface area contributed by atoms with Gasteiger partial charge in [0.1, 0.15) is 12.1 Å². The Morgan fingerprint density at radius 3 is 1.96 bits per heavy atom. The van der Waals surface area contributed by atoms with Crippen LogP contribution in [0.1, 0.15) is 11.4 Å². The number of quaternary nitrogens is 1. The summed E-state index contributed by atoms with van der Waals surface area (Å²) in [6.07, 6.45) is 6.91. The standard InChI is InChI=1S/C9H15N3O2.C6H9N3O2/c1-12(2,3)8(9(13)14)4-7-5-10-6-11-7;7-5(6(10)11)1-4-2-8-3-9-4/h5-6,8H,4H2,1-3H3,(H-,10,11,13,14);2-3,5H,1,7H2,(H,8,9)(H,10,11). The smallest absolute Gasteiger partial charge is 0.320 e. The van der Waals surface area contributed by atoms with Crippen LogP contribution in [0.4, 0.5) is 0 Å². The number of aromatic nitrogens is 4. The topological polar surface area (TPSA) is 161 Å². The predicted octanol–water partition coefficient (Wildman–Crippen LogP) is -1.86. The third kappa shape index (κ3) is 7.14. The molecule has 0 radical (unpaired) electrons. The maximum absolute atomic E-state index is 10.9. The van der Waals surface area contributed by atoms with E-state index in [-0.39, 0.29) is 6.42 Å². The number of hydrogen-bond acceptors (Lipinski definition) is 6. The van der Waals surface area contributed by atoms with E-state index in [1.165, 1.54) is 12.7 Å². The first-order valence-electron chi connectivity index (χ1n) is 7.56. The molecule has 2 atom stereocenters. The molecule has 138 valence electrons. The number of carboxylic acids is 2. The first-order chi connectivity index (χ1) is 11.6. The normalized spacial score (nSPS) is 13.4. The molecule has 0 amide bonds. The molecule has 2 rings (SSSR count).